The summed E-state index contributed by atoms with van der Waals surface area (Å²) in [6.45, 7) is 5.54. The zero-order valence-corrected chi connectivity index (χ0v) is 14.5. The molecule has 0 saturated heterocycles. The summed E-state index contributed by atoms with van der Waals surface area (Å²) in [6.07, 6.45) is 0.927. The monoisotopic (exact) mass is 330 g/mol. The maximum atomic E-state index is 5.71. The van der Waals surface area contributed by atoms with Crippen molar-refractivity contribution in [1.29, 1.82) is 0 Å². The second-order valence-electron chi connectivity index (χ2n) is 5.54. The molecular weight excluding hydrogens is 308 g/mol. The molecule has 0 amide bonds. The van der Waals surface area contributed by atoms with E-state index in [-0.39, 0.29) is 6.04 Å². The molecule has 5 nitrogen and oxygen atoms in total. The summed E-state index contributed by atoms with van der Waals surface area (Å²) in [5, 5.41) is 7.99. The van der Waals surface area contributed by atoms with Crippen molar-refractivity contribution in [2.75, 3.05) is 13.7 Å². The van der Waals surface area contributed by atoms with Crippen LogP contribution in [0.5, 0.6) is 5.75 Å². The molecule has 1 aromatic carbocycles. The van der Waals surface area contributed by atoms with E-state index in [4.69, 9.17) is 4.74 Å². The van der Waals surface area contributed by atoms with Crippen molar-refractivity contribution in [2.45, 2.75) is 32.9 Å². The summed E-state index contributed by atoms with van der Waals surface area (Å²) in [4.78, 5) is 10.1. The van der Waals surface area contributed by atoms with Gasteiger partial charge in [0.1, 0.15) is 5.75 Å². The number of nitrogens with one attached hydrogen (secondary N) is 2. The Morgan fingerprint density at radius 3 is 2.96 bits per heavy atom. The van der Waals surface area contributed by atoms with Crippen LogP contribution < -0.4 is 15.4 Å². The van der Waals surface area contributed by atoms with E-state index >= 15 is 0 Å². The van der Waals surface area contributed by atoms with Gasteiger partial charge in [-0.15, -0.1) is 11.3 Å². The van der Waals surface area contributed by atoms with Crippen LogP contribution in [0.25, 0.3) is 0 Å². The lowest BCUT2D eigenvalue weighted by molar-refractivity contribution is 0.261. The predicted molar refractivity (Wildman–Crippen MR) is 94.2 cm³/mol. The first kappa shape index (κ1) is 15.8. The normalized spacial score (nSPS) is 17.3. The Morgan fingerprint density at radius 1 is 1.39 bits per heavy atom. The molecule has 0 fully saturated rings. The highest BCUT2D eigenvalue weighted by molar-refractivity contribution is 7.11. The number of benzene rings is 1. The largest absolute Gasteiger partial charge is 0.493 e. The number of aliphatic imine (C=N–C) groups is 1. The van der Waals surface area contributed by atoms with E-state index in [0.717, 1.165) is 42.0 Å². The molecule has 1 aliphatic heterocycles. The maximum absolute atomic E-state index is 5.71. The van der Waals surface area contributed by atoms with Crippen LogP contribution in [0.3, 0.4) is 0 Å². The molecule has 1 atom stereocenters. The molecule has 1 aliphatic rings. The van der Waals surface area contributed by atoms with Gasteiger partial charge in [-0.05, 0) is 19.9 Å². The van der Waals surface area contributed by atoms with Crippen LogP contribution in [-0.4, -0.2) is 24.6 Å². The highest BCUT2D eigenvalue weighted by Crippen LogP contribution is 2.31. The van der Waals surface area contributed by atoms with Gasteiger partial charge in [0.2, 0.25) is 0 Å². The van der Waals surface area contributed by atoms with Gasteiger partial charge in [0, 0.05) is 23.9 Å². The van der Waals surface area contributed by atoms with Crippen LogP contribution in [0.15, 0.2) is 29.3 Å². The van der Waals surface area contributed by atoms with Gasteiger partial charge in [-0.25, -0.2) is 4.98 Å². The Bertz CT molecular complexity index is 710. The number of hydrogen-bond donors (Lipinski definition) is 2. The van der Waals surface area contributed by atoms with Crippen LogP contribution in [0.2, 0.25) is 0 Å². The minimum absolute atomic E-state index is 0.218. The molecular formula is C17H22N4OS. The lowest BCUT2D eigenvalue weighted by atomic mass is 10.0. The smallest absolute Gasteiger partial charge is 0.191 e. The number of guanidine groups is 1. The first-order chi connectivity index (χ1) is 11.2. The summed E-state index contributed by atoms with van der Waals surface area (Å²) < 4.78 is 5.71. The van der Waals surface area contributed by atoms with Gasteiger partial charge in [0.25, 0.3) is 0 Å². The lowest BCUT2D eigenvalue weighted by Gasteiger charge is -2.28. The Labute approximate surface area is 140 Å². The van der Waals surface area contributed by atoms with Gasteiger partial charge in [-0.1, -0.05) is 18.2 Å². The molecule has 2 heterocycles. The number of hydrogen-bond acceptors (Lipinski definition) is 4. The zero-order valence-electron chi connectivity index (χ0n) is 13.7. The van der Waals surface area contributed by atoms with E-state index < -0.39 is 0 Å². The molecule has 1 aromatic heterocycles. The van der Waals surface area contributed by atoms with E-state index in [1.165, 1.54) is 10.4 Å². The molecule has 23 heavy (non-hydrogen) atoms. The summed E-state index contributed by atoms with van der Waals surface area (Å²) in [6, 6.07) is 8.39. The van der Waals surface area contributed by atoms with Crippen LogP contribution >= 0.6 is 11.3 Å². The molecule has 122 valence electrons. The maximum Gasteiger partial charge on any atom is 0.191 e. The fourth-order valence-corrected chi connectivity index (χ4v) is 3.63. The number of aromatic nitrogens is 1. The van der Waals surface area contributed by atoms with Crippen LogP contribution in [0.4, 0.5) is 0 Å². The summed E-state index contributed by atoms with van der Waals surface area (Å²) in [5.74, 6) is 1.76. The molecule has 0 radical (unpaired) electrons. The van der Waals surface area contributed by atoms with Gasteiger partial charge in [-0.2, -0.15) is 0 Å². The van der Waals surface area contributed by atoms with Gasteiger partial charge >= 0.3 is 0 Å². The van der Waals surface area contributed by atoms with E-state index in [2.05, 4.69) is 26.7 Å². The number of rotatable bonds is 3. The van der Waals surface area contributed by atoms with Crippen LogP contribution in [0, 0.1) is 13.8 Å². The Morgan fingerprint density at radius 2 is 2.22 bits per heavy atom. The van der Waals surface area contributed by atoms with Crippen molar-refractivity contribution >= 4 is 17.3 Å². The van der Waals surface area contributed by atoms with Crippen molar-refractivity contribution in [2.24, 2.45) is 4.99 Å². The van der Waals surface area contributed by atoms with E-state index in [1.807, 2.05) is 32.0 Å². The van der Waals surface area contributed by atoms with E-state index in [9.17, 15) is 0 Å². The number of thiazole rings is 1. The van der Waals surface area contributed by atoms with Gasteiger partial charge in [0.05, 0.1) is 29.9 Å². The fourth-order valence-electron chi connectivity index (χ4n) is 2.75. The van der Waals surface area contributed by atoms with Gasteiger partial charge in [-0.3, -0.25) is 4.99 Å². The number of aryl methyl sites for hydroxylation is 2. The Hall–Kier alpha value is -2.08. The highest BCUT2D eigenvalue weighted by Gasteiger charge is 2.21. The minimum Gasteiger partial charge on any atom is -0.493 e. The molecule has 0 bridgehead atoms. The fraction of sp³-hybridized carbons (Fsp3) is 0.412. The lowest BCUT2D eigenvalue weighted by Crippen LogP contribution is -2.40. The van der Waals surface area contributed by atoms with Gasteiger partial charge in [0.15, 0.2) is 5.96 Å². The summed E-state index contributed by atoms with van der Waals surface area (Å²) in [7, 11) is 1.80. The zero-order chi connectivity index (χ0) is 16.2. The molecule has 2 N–H and O–H groups in total. The molecule has 0 saturated carbocycles. The van der Waals surface area contributed by atoms with E-state index in [1.54, 1.807) is 18.4 Å². The van der Waals surface area contributed by atoms with Crippen molar-refractivity contribution in [3.05, 3.63) is 45.4 Å². The standard InChI is InChI=1S/C17H22N4OS/c1-11-16(23-12(2)20-11)10-19-17(18-3)21-14-8-9-22-15-7-5-4-6-13(14)15/h4-7,14H,8-10H2,1-3H3,(H2,18,19,21). The molecule has 1 unspecified atom stereocenters. The quantitative estimate of drug-likeness (QED) is 0.671. The van der Waals surface area contributed by atoms with Crippen molar-refractivity contribution < 1.29 is 4.74 Å². The molecule has 0 spiro atoms. The number of para-hydroxylation sites is 1. The first-order valence-corrected chi connectivity index (χ1v) is 8.61. The second-order valence-corrected chi connectivity index (χ2v) is 6.83. The topological polar surface area (TPSA) is 58.5 Å². The van der Waals surface area contributed by atoms with Crippen molar-refractivity contribution in [3.8, 4) is 5.75 Å². The Kier molecular flexibility index (Phi) is 4.81. The first-order valence-electron chi connectivity index (χ1n) is 7.79. The average molecular weight is 330 g/mol. The van der Waals surface area contributed by atoms with Crippen molar-refractivity contribution in [1.82, 2.24) is 15.6 Å². The minimum atomic E-state index is 0.218. The SMILES string of the molecule is CN=C(NCc1sc(C)nc1C)NC1CCOc2ccccc21. The third kappa shape index (κ3) is 3.64. The summed E-state index contributed by atoms with van der Waals surface area (Å²) >= 11 is 1.73. The van der Waals surface area contributed by atoms with Crippen LogP contribution in [0.1, 0.15) is 33.6 Å². The summed E-state index contributed by atoms with van der Waals surface area (Å²) in [5.41, 5.74) is 2.28. The molecule has 3 rings (SSSR count). The van der Waals surface area contributed by atoms with Crippen LogP contribution in [-0.2, 0) is 6.54 Å². The number of fused-ring (bicyclic) bond motifs is 1. The predicted octanol–water partition coefficient (Wildman–Crippen LogP) is 2.95. The van der Waals surface area contributed by atoms with Gasteiger partial charge < -0.3 is 15.4 Å². The molecule has 0 aliphatic carbocycles. The number of ether oxygens (including phenoxy) is 1. The Balaban J connectivity index is 1.66. The molecule has 6 heteroatoms. The highest BCUT2D eigenvalue weighted by atomic mass is 32.1. The average Bonchev–Trinajstić information content (AvgIpc) is 2.89. The van der Waals surface area contributed by atoms with Crippen molar-refractivity contribution in [3.63, 3.8) is 0 Å². The third-order valence-electron chi connectivity index (χ3n) is 3.91. The van der Waals surface area contributed by atoms with E-state index in [0.29, 0.717) is 0 Å². The second kappa shape index (κ2) is 7.00. The third-order valence-corrected chi connectivity index (χ3v) is 4.98. The number of nitrogens with zero attached hydrogens (tertiary/aromatic N) is 2. The molecule has 2 aromatic rings.